The summed E-state index contributed by atoms with van der Waals surface area (Å²) in [5.74, 6) is -0.768. The van der Waals surface area contributed by atoms with Crippen LogP contribution in [-0.2, 0) is 9.68 Å². The molecule has 0 atom stereocenters. The summed E-state index contributed by atoms with van der Waals surface area (Å²) in [6, 6.07) is 17.7. The van der Waals surface area contributed by atoms with Gasteiger partial charge in [-0.25, -0.2) is 9.59 Å². The Bertz CT molecular complexity index is 621. The van der Waals surface area contributed by atoms with Gasteiger partial charge in [0, 0.05) is 0 Å². The van der Waals surface area contributed by atoms with Crippen molar-refractivity contribution in [3.05, 3.63) is 71.8 Å². The maximum absolute atomic E-state index is 12.0. The van der Waals surface area contributed by atoms with Gasteiger partial charge in [0.2, 0.25) is 0 Å². The molecule has 24 heavy (non-hydrogen) atoms. The molecule has 0 amide bonds. The van der Waals surface area contributed by atoms with Crippen molar-refractivity contribution in [3.8, 4) is 0 Å². The molecule has 1 aliphatic rings. The summed E-state index contributed by atoms with van der Waals surface area (Å²) in [7, 11) is 0. The molecule has 2 aromatic carbocycles. The highest BCUT2D eigenvalue weighted by Gasteiger charge is 2.23. The van der Waals surface area contributed by atoms with Gasteiger partial charge in [0.1, 0.15) is 0 Å². The van der Waals surface area contributed by atoms with Crippen LogP contribution < -0.4 is 0 Å². The molecule has 0 radical (unpaired) electrons. The molecule has 0 spiro atoms. The maximum atomic E-state index is 12.0. The van der Waals surface area contributed by atoms with Crippen LogP contribution in [0.2, 0.25) is 0 Å². The Balaban J connectivity index is 1.46. The molecule has 6 nitrogen and oxygen atoms in total. The van der Waals surface area contributed by atoms with Gasteiger partial charge in [-0.1, -0.05) is 36.4 Å². The normalized spacial score (nSPS) is 15.7. The third-order valence-electron chi connectivity index (χ3n) is 3.64. The second kappa shape index (κ2) is 7.72. The molecule has 1 saturated heterocycles. The molecule has 2 aromatic rings. The Morgan fingerprint density at radius 1 is 0.625 bits per heavy atom. The fourth-order valence-corrected chi connectivity index (χ4v) is 2.34. The van der Waals surface area contributed by atoms with Crippen LogP contribution in [0.25, 0.3) is 0 Å². The quantitative estimate of drug-likeness (QED) is 0.858. The van der Waals surface area contributed by atoms with Crippen LogP contribution >= 0.6 is 0 Å². The van der Waals surface area contributed by atoms with Gasteiger partial charge < -0.3 is 9.68 Å². The van der Waals surface area contributed by atoms with Crippen molar-refractivity contribution in [1.82, 2.24) is 10.1 Å². The lowest BCUT2D eigenvalue weighted by Crippen LogP contribution is -2.47. The standard InChI is InChI=1S/C18H18N2O4/c21-17(15-7-3-1-4-8-15)23-19-11-13-20(14-12-19)24-18(22)16-9-5-2-6-10-16/h1-10H,11-14H2. The molecule has 0 unspecified atom stereocenters. The number of nitrogens with zero attached hydrogens (tertiary/aromatic N) is 2. The van der Waals surface area contributed by atoms with Gasteiger partial charge in [-0.3, -0.25) is 0 Å². The second-order valence-corrected chi connectivity index (χ2v) is 5.35. The fraction of sp³-hybridized carbons (Fsp3) is 0.222. The van der Waals surface area contributed by atoms with Gasteiger partial charge in [0.05, 0.1) is 37.3 Å². The van der Waals surface area contributed by atoms with Crippen LogP contribution in [0.1, 0.15) is 20.7 Å². The fourth-order valence-electron chi connectivity index (χ4n) is 2.34. The zero-order valence-electron chi connectivity index (χ0n) is 13.1. The molecule has 0 aliphatic carbocycles. The highest BCUT2D eigenvalue weighted by atomic mass is 16.7. The molecule has 0 bridgehead atoms. The number of hydrogen-bond donors (Lipinski definition) is 0. The Hall–Kier alpha value is -2.70. The minimum Gasteiger partial charge on any atom is -0.364 e. The summed E-state index contributed by atoms with van der Waals surface area (Å²) in [6.07, 6.45) is 0. The number of hydroxylamine groups is 4. The van der Waals surface area contributed by atoms with Crippen molar-refractivity contribution in [2.24, 2.45) is 0 Å². The van der Waals surface area contributed by atoms with E-state index < -0.39 is 0 Å². The molecule has 6 heteroatoms. The topological polar surface area (TPSA) is 59.1 Å². The average Bonchev–Trinajstić information content (AvgIpc) is 2.65. The van der Waals surface area contributed by atoms with Crippen LogP contribution in [0, 0.1) is 0 Å². The molecule has 3 rings (SSSR count). The lowest BCUT2D eigenvalue weighted by molar-refractivity contribution is -0.188. The number of rotatable bonds is 4. The first-order valence-electron chi connectivity index (χ1n) is 7.77. The van der Waals surface area contributed by atoms with Crippen LogP contribution in [0.3, 0.4) is 0 Å². The summed E-state index contributed by atoms with van der Waals surface area (Å²) < 4.78 is 0. The Kier molecular flexibility index (Phi) is 5.20. The zero-order chi connectivity index (χ0) is 16.8. The van der Waals surface area contributed by atoms with E-state index in [-0.39, 0.29) is 11.9 Å². The van der Waals surface area contributed by atoms with E-state index in [0.717, 1.165) is 0 Å². The highest BCUT2D eigenvalue weighted by Crippen LogP contribution is 2.09. The van der Waals surface area contributed by atoms with Crippen LogP contribution in [-0.4, -0.2) is 48.2 Å². The summed E-state index contributed by atoms with van der Waals surface area (Å²) in [4.78, 5) is 34.7. The maximum Gasteiger partial charge on any atom is 0.357 e. The number of carbonyl (C=O) groups is 2. The SMILES string of the molecule is O=C(ON1CCN(OC(=O)c2ccccc2)CC1)c1ccccc1. The Morgan fingerprint density at radius 2 is 0.958 bits per heavy atom. The Morgan fingerprint density at radius 3 is 1.29 bits per heavy atom. The first kappa shape index (κ1) is 16.2. The number of piperazine rings is 1. The lowest BCUT2D eigenvalue weighted by atomic mass is 10.2. The molecule has 0 N–H and O–H groups in total. The van der Waals surface area contributed by atoms with Gasteiger partial charge >= 0.3 is 11.9 Å². The van der Waals surface area contributed by atoms with Gasteiger partial charge in [-0.2, -0.15) is 0 Å². The van der Waals surface area contributed by atoms with Crippen molar-refractivity contribution in [2.75, 3.05) is 26.2 Å². The summed E-state index contributed by atoms with van der Waals surface area (Å²) >= 11 is 0. The van der Waals surface area contributed by atoms with Gasteiger partial charge in [-0.05, 0) is 24.3 Å². The van der Waals surface area contributed by atoms with Crippen molar-refractivity contribution in [1.29, 1.82) is 0 Å². The predicted octanol–water partition coefficient (Wildman–Crippen LogP) is 2.15. The molecule has 1 fully saturated rings. The smallest absolute Gasteiger partial charge is 0.357 e. The van der Waals surface area contributed by atoms with Crippen molar-refractivity contribution >= 4 is 11.9 Å². The van der Waals surface area contributed by atoms with Gasteiger partial charge in [0.25, 0.3) is 0 Å². The van der Waals surface area contributed by atoms with Crippen LogP contribution in [0.15, 0.2) is 60.7 Å². The number of hydrogen-bond acceptors (Lipinski definition) is 6. The van der Waals surface area contributed by atoms with E-state index in [9.17, 15) is 9.59 Å². The molecule has 1 aliphatic heterocycles. The molecule has 124 valence electrons. The van der Waals surface area contributed by atoms with Crippen molar-refractivity contribution < 1.29 is 19.3 Å². The minimum absolute atomic E-state index is 0.384. The zero-order valence-corrected chi connectivity index (χ0v) is 13.1. The van der Waals surface area contributed by atoms with Crippen molar-refractivity contribution in [3.63, 3.8) is 0 Å². The second-order valence-electron chi connectivity index (χ2n) is 5.35. The summed E-state index contributed by atoms with van der Waals surface area (Å²) in [5.41, 5.74) is 1.02. The molecule has 0 saturated carbocycles. The summed E-state index contributed by atoms with van der Waals surface area (Å²) in [6.45, 7) is 1.89. The predicted molar refractivity (Wildman–Crippen MR) is 86.9 cm³/mol. The van der Waals surface area contributed by atoms with Crippen molar-refractivity contribution in [2.45, 2.75) is 0 Å². The first-order valence-corrected chi connectivity index (χ1v) is 7.77. The van der Waals surface area contributed by atoms with E-state index in [1.165, 1.54) is 0 Å². The van der Waals surface area contributed by atoms with Crippen LogP contribution in [0.4, 0.5) is 0 Å². The van der Waals surface area contributed by atoms with Gasteiger partial charge in [0.15, 0.2) is 0 Å². The lowest BCUT2D eigenvalue weighted by Gasteiger charge is -2.31. The molecule has 1 heterocycles. The van der Waals surface area contributed by atoms with E-state index in [0.29, 0.717) is 37.3 Å². The van der Waals surface area contributed by atoms with Crippen LogP contribution in [0.5, 0.6) is 0 Å². The van der Waals surface area contributed by atoms with Gasteiger partial charge in [-0.15, -0.1) is 10.1 Å². The van der Waals surface area contributed by atoms with E-state index in [1.54, 1.807) is 58.7 Å². The third kappa shape index (κ3) is 4.18. The van der Waals surface area contributed by atoms with E-state index in [2.05, 4.69) is 0 Å². The largest absolute Gasteiger partial charge is 0.364 e. The highest BCUT2D eigenvalue weighted by molar-refractivity contribution is 5.89. The van der Waals surface area contributed by atoms with E-state index >= 15 is 0 Å². The number of carbonyl (C=O) groups excluding carboxylic acids is 2. The average molecular weight is 326 g/mol. The van der Waals surface area contributed by atoms with E-state index in [4.69, 9.17) is 9.68 Å². The monoisotopic (exact) mass is 326 g/mol. The van der Waals surface area contributed by atoms with E-state index in [1.807, 2.05) is 12.1 Å². The molecular weight excluding hydrogens is 308 g/mol. The summed E-state index contributed by atoms with van der Waals surface area (Å²) in [5, 5.41) is 3.17. The first-order chi connectivity index (χ1) is 11.7. The minimum atomic E-state index is -0.384. The number of benzene rings is 2. The molecular formula is C18H18N2O4. The third-order valence-corrected chi connectivity index (χ3v) is 3.64. The molecule has 0 aromatic heterocycles. The Labute approximate surface area is 140 Å².